The fourth-order valence-corrected chi connectivity index (χ4v) is 4.90. The van der Waals surface area contributed by atoms with Crippen molar-refractivity contribution in [2.75, 3.05) is 30.8 Å². The van der Waals surface area contributed by atoms with Gasteiger partial charge in [-0.1, -0.05) is 0 Å². The van der Waals surface area contributed by atoms with Gasteiger partial charge in [-0.15, -0.1) is 11.3 Å². The quantitative estimate of drug-likeness (QED) is 0.541. The molecule has 10 heteroatoms. The molecule has 1 aromatic carbocycles. The first-order valence-electron chi connectivity index (χ1n) is 10.9. The number of anilines is 3. The summed E-state index contributed by atoms with van der Waals surface area (Å²) in [5.41, 5.74) is 0.418. The van der Waals surface area contributed by atoms with Crippen molar-refractivity contribution in [3.63, 3.8) is 0 Å². The second kappa shape index (κ2) is 8.27. The fraction of sp³-hybridized carbons (Fsp3) is 0.391. The van der Waals surface area contributed by atoms with Crippen LogP contribution in [0, 0.1) is 0 Å². The Kier molecular flexibility index (Phi) is 5.41. The smallest absolute Gasteiger partial charge is 0.268 e. The van der Waals surface area contributed by atoms with Gasteiger partial charge in [0.05, 0.1) is 16.0 Å². The number of thiophene rings is 1. The van der Waals surface area contributed by atoms with Crippen LogP contribution in [0.15, 0.2) is 30.6 Å². The van der Waals surface area contributed by atoms with Crippen LogP contribution >= 0.6 is 11.3 Å². The van der Waals surface area contributed by atoms with Crippen LogP contribution in [0.25, 0.3) is 10.2 Å². The molecule has 0 aliphatic carbocycles. The van der Waals surface area contributed by atoms with Gasteiger partial charge in [0.2, 0.25) is 0 Å². The van der Waals surface area contributed by atoms with E-state index in [-0.39, 0.29) is 17.9 Å². The van der Waals surface area contributed by atoms with E-state index < -0.39 is 5.60 Å². The minimum absolute atomic E-state index is 0.0743. The van der Waals surface area contributed by atoms with Gasteiger partial charge < -0.3 is 25.6 Å². The SMILES string of the molecule is CN1CCC(NC(=O)c2cc3c(Nc4ccc5c(c4)NC(=O)C(C)(C)O5)ncnc3s2)CC1. The number of rotatable bonds is 4. The molecule has 1 fully saturated rings. The van der Waals surface area contributed by atoms with E-state index in [9.17, 15) is 9.59 Å². The van der Waals surface area contributed by atoms with Crippen LogP contribution in [0.3, 0.4) is 0 Å². The molecule has 172 valence electrons. The Morgan fingerprint density at radius 2 is 2.03 bits per heavy atom. The van der Waals surface area contributed by atoms with Crippen molar-refractivity contribution >= 4 is 50.6 Å². The monoisotopic (exact) mass is 466 g/mol. The summed E-state index contributed by atoms with van der Waals surface area (Å²) in [7, 11) is 2.10. The van der Waals surface area contributed by atoms with E-state index >= 15 is 0 Å². The second-order valence-electron chi connectivity index (χ2n) is 9.01. The third kappa shape index (κ3) is 4.36. The van der Waals surface area contributed by atoms with Gasteiger partial charge >= 0.3 is 0 Å². The Bertz CT molecular complexity index is 1230. The molecule has 2 aliphatic heterocycles. The highest BCUT2D eigenvalue weighted by Crippen LogP contribution is 2.37. The van der Waals surface area contributed by atoms with Crippen LogP contribution in [0.4, 0.5) is 17.2 Å². The first-order chi connectivity index (χ1) is 15.8. The molecule has 0 radical (unpaired) electrons. The van der Waals surface area contributed by atoms with Gasteiger partial charge in [0.1, 0.15) is 22.7 Å². The maximum absolute atomic E-state index is 12.8. The molecule has 0 unspecified atom stereocenters. The van der Waals surface area contributed by atoms with Gasteiger partial charge in [0.25, 0.3) is 11.8 Å². The number of hydrogen-bond donors (Lipinski definition) is 3. The lowest BCUT2D eigenvalue weighted by Gasteiger charge is -2.31. The summed E-state index contributed by atoms with van der Waals surface area (Å²) < 4.78 is 5.79. The number of piperidine rings is 1. The van der Waals surface area contributed by atoms with Crippen LogP contribution in [-0.2, 0) is 4.79 Å². The van der Waals surface area contributed by atoms with Crippen LogP contribution in [0.1, 0.15) is 36.4 Å². The average molecular weight is 467 g/mol. The molecule has 4 heterocycles. The molecular weight excluding hydrogens is 440 g/mol. The van der Waals surface area contributed by atoms with Crippen molar-refractivity contribution in [3.05, 3.63) is 35.5 Å². The minimum Gasteiger partial charge on any atom is -0.476 e. The number of hydrogen-bond acceptors (Lipinski definition) is 8. The largest absolute Gasteiger partial charge is 0.476 e. The van der Waals surface area contributed by atoms with Crippen molar-refractivity contribution in [3.8, 4) is 5.75 Å². The molecule has 1 saturated heterocycles. The lowest BCUT2D eigenvalue weighted by molar-refractivity contribution is -0.129. The van der Waals surface area contributed by atoms with E-state index in [1.807, 2.05) is 18.2 Å². The third-order valence-electron chi connectivity index (χ3n) is 6.01. The molecule has 3 N–H and O–H groups in total. The highest BCUT2D eigenvalue weighted by Gasteiger charge is 2.35. The summed E-state index contributed by atoms with van der Waals surface area (Å²) in [6.45, 7) is 5.43. The summed E-state index contributed by atoms with van der Waals surface area (Å²) in [6, 6.07) is 7.50. The maximum Gasteiger partial charge on any atom is 0.268 e. The standard InChI is InChI=1S/C23H26N6O3S/c1-23(2)22(31)28-16-10-14(4-5-17(16)32-23)26-19-15-11-18(33-21(15)25-12-24-19)20(30)27-13-6-8-29(3)9-7-13/h4-5,10-13H,6-9H2,1-3H3,(H,27,30)(H,28,31)(H,24,25,26). The lowest BCUT2D eigenvalue weighted by Crippen LogP contribution is -2.45. The van der Waals surface area contributed by atoms with E-state index in [1.54, 1.807) is 19.9 Å². The van der Waals surface area contributed by atoms with Crippen molar-refractivity contribution in [2.45, 2.75) is 38.3 Å². The number of likely N-dealkylation sites (tertiary alicyclic amines) is 1. The Morgan fingerprint density at radius 1 is 1.24 bits per heavy atom. The first kappa shape index (κ1) is 21.6. The molecule has 2 aromatic heterocycles. The highest BCUT2D eigenvalue weighted by molar-refractivity contribution is 7.20. The molecular formula is C23H26N6O3S. The van der Waals surface area contributed by atoms with Crippen LogP contribution in [0.5, 0.6) is 5.75 Å². The average Bonchev–Trinajstić information content (AvgIpc) is 3.22. The van der Waals surface area contributed by atoms with E-state index in [1.165, 1.54) is 17.7 Å². The molecule has 3 aromatic rings. The molecule has 33 heavy (non-hydrogen) atoms. The Labute approximate surface area is 195 Å². The second-order valence-corrected chi connectivity index (χ2v) is 10.0. The van der Waals surface area contributed by atoms with Gasteiger partial charge in [-0.05, 0) is 71.1 Å². The number of carbonyl (C=O) groups excluding carboxylic acids is 2. The minimum atomic E-state index is -0.915. The summed E-state index contributed by atoms with van der Waals surface area (Å²) in [5.74, 6) is 0.934. The van der Waals surface area contributed by atoms with Gasteiger partial charge in [-0.25, -0.2) is 9.97 Å². The lowest BCUT2D eigenvalue weighted by atomic mass is 10.1. The number of fused-ring (bicyclic) bond motifs is 2. The zero-order chi connectivity index (χ0) is 23.2. The number of amides is 2. The fourth-order valence-electron chi connectivity index (χ4n) is 4.00. The summed E-state index contributed by atoms with van der Waals surface area (Å²) in [6.07, 6.45) is 3.39. The normalized spacial score (nSPS) is 18.3. The van der Waals surface area contributed by atoms with Crippen molar-refractivity contribution < 1.29 is 14.3 Å². The maximum atomic E-state index is 12.8. The van der Waals surface area contributed by atoms with E-state index in [0.717, 1.165) is 41.8 Å². The van der Waals surface area contributed by atoms with E-state index in [0.29, 0.717) is 22.1 Å². The van der Waals surface area contributed by atoms with Crippen molar-refractivity contribution in [1.82, 2.24) is 20.2 Å². The summed E-state index contributed by atoms with van der Waals surface area (Å²) in [5, 5.41) is 10.1. The van der Waals surface area contributed by atoms with Crippen molar-refractivity contribution in [2.24, 2.45) is 0 Å². The van der Waals surface area contributed by atoms with Crippen LogP contribution < -0.4 is 20.7 Å². The predicted molar refractivity (Wildman–Crippen MR) is 128 cm³/mol. The molecule has 0 saturated carbocycles. The molecule has 0 bridgehead atoms. The molecule has 0 spiro atoms. The van der Waals surface area contributed by atoms with Gasteiger partial charge in [0.15, 0.2) is 5.60 Å². The zero-order valence-electron chi connectivity index (χ0n) is 18.8. The van der Waals surface area contributed by atoms with Crippen LogP contribution in [0.2, 0.25) is 0 Å². The van der Waals surface area contributed by atoms with E-state index in [4.69, 9.17) is 4.74 Å². The van der Waals surface area contributed by atoms with Crippen molar-refractivity contribution in [1.29, 1.82) is 0 Å². The Hall–Kier alpha value is -3.24. The molecule has 2 aliphatic rings. The van der Waals surface area contributed by atoms with Gasteiger partial charge in [-0.3, -0.25) is 9.59 Å². The predicted octanol–water partition coefficient (Wildman–Crippen LogP) is 3.37. The Morgan fingerprint density at radius 3 is 2.82 bits per heavy atom. The Balaban J connectivity index is 1.35. The van der Waals surface area contributed by atoms with Gasteiger partial charge in [-0.2, -0.15) is 0 Å². The number of ether oxygens (including phenoxy) is 1. The van der Waals surface area contributed by atoms with Crippen LogP contribution in [-0.4, -0.2) is 58.5 Å². The number of carbonyl (C=O) groups is 2. The highest BCUT2D eigenvalue weighted by atomic mass is 32.1. The number of nitrogens with zero attached hydrogens (tertiary/aromatic N) is 3. The summed E-state index contributed by atoms with van der Waals surface area (Å²) in [4.78, 5) is 37.4. The first-order valence-corrected chi connectivity index (χ1v) is 11.8. The number of nitrogens with one attached hydrogen (secondary N) is 3. The zero-order valence-corrected chi connectivity index (χ0v) is 19.6. The molecule has 2 amide bonds. The van der Waals surface area contributed by atoms with E-state index in [2.05, 4.69) is 37.9 Å². The molecule has 5 rings (SSSR count). The molecule has 0 atom stereocenters. The topological polar surface area (TPSA) is 108 Å². The number of benzene rings is 1. The van der Waals surface area contributed by atoms with Gasteiger partial charge in [0, 0.05) is 11.7 Å². The molecule has 9 nitrogen and oxygen atoms in total. The third-order valence-corrected chi connectivity index (χ3v) is 7.05. The number of aromatic nitrogens is 2. The summed E-state index contributed by atoms with van der Waals surface area (Å²) >= 11 is 1.35.